The van der Waals surface area contributed by atoms with Crippen molar-refractivity contribution in [1.82, 2.24) is 10.3 Å². The molecule has 94 valence electrons. The maximum atomic E-state index is 11.8. The molecule has 0 spiro atoms. The number of amides is 1. The fourth-order valence-electron chi connectivity index (χ4n) is 1.22. The largest absolute Gasteiger partial charge is 0.477 e. The highest BCUT2D eigenvalue weighted by Gasteiger charge is 2.12. The number of hydrogen-bond acceptors (Lipinski definition) is 4. The molecule has 1 amide bonds. The summed E-state index contributed by atoms with van der Waals surface area (Å²) in [6, 6.07) is 3.33. The van der Waals surface area contributed by atoms with Gasteiger partial charge in [-0.25, -0.2) is 4.98 Å². The minimum Gasteiger partial charge on any atom is -0.477 e. The van der Waals surface area contributed by atoms with Crippen LogP contribution in [0.25, 0.3) is 0 Å². The van der Waals surface area contributed by atoms with Crippen LogP contribution in [-0.4, -0.2) is 40.3 Å². The maximum Gasteiger partial charge on any atom is 0.256 e. The van der Waals surface area contributed by atoms with Gasteiger partial charge in [0.25, 0.3) is 5.91 Å². The van der Waals surface area contributed by atoms with Gasteiger partial charge in [-0.3, -0.25) is 9.00 Å². The Bertz CT molecular complexity index is 409. The molecule has 0 saturated carbocycles. The van der Waals surface area contributed by atoms with E-state index in [1.165, 1.54) is 0 Å². The van der Waals surface area contributed by atoms with Crippen molar-refractivity contribution >= 4 is 16.7 Å². The van der Waals surface area contributed by atoms with Crippen LogP contribution in [0.1, 0.15) is 17.3 Å². The minimum atomic E-state index is -0.909. The first kappa shape index (κ1) is 13.6. The molecule has 0 bridgehead atoms. The summed E-state index contributed by atoms with van der Waals surface area (Å²) < 4.78 is 16.1. The Morgan fingerprint density at radius 2 is 2.35 bits per heavy atom. The molecular formula is C11H16N2O3S. The molecule has 1 heterocycles. The number of nitrogens with one attached hydrogen (secondary N) is 1. The number of carbonyl (C=O) groups excluding carboxylic acids is 1. The van der Waals surface area contributed by atoms with Gasteiger partial charge in [-0.1, -0.05) is 0 Å². The predicted octanol–water partition coefficient (Wildman–Crippen LogP) is 0.589. The van der Waals surface area contributed by atoms with Gasteiger partial charge < -0.3 is 10.1 Å². The van der Waals surface area contributed by atoms with Crippen LogP contribution in [0, 0.1) is 0 Å². The Labute approximate surface area is 103 Å². The van der Waals surface area contributed by atoms with Crippen molar-refractivity contribution in [2.45, 2.75) is 6.92 Å². The number of rotatable bonds is 6. The average molecular weight is 256 g/mol. The molecule has 0 aliphatic heterocycles. The number of nitrogens with zero attached hydrogens (tertiary/aromatic N) is 1. The van der Waals surface area contributed by atoms with Gasteiger partial charge in [0.05, 0.1) is 6.61 Å². The Morgan fingerprint density at radius 1 is 1.59 bits per heavy atom. The zero-order valence-electron chi connectivity index (χ0n) is 9.93. The fraction of sp³-hybridized carbons (Fsp3) is 0.455. The Kier molecular flexibility index (Phi) is 5.62. The van der Waals surface area contributed by atoms with Gasteiger partial charge in [0, 0.05) is 35.5 Å². The summed E-state index contributed by atoms with van der Waals surface area (Å²) in [5.74, 6) is 0.507. The summed E-state index contributed by atoms with van der Waals surface area (Å²) in [4.78, 5) is 15.8. The molecule has 6 heteroatoms. The second-order valence-corrected chi connectivity index (χ2v) is 4.88. The lowest BCUT2D eigenvalue weighted by atomic mass is 10.2. The zero-order chi connectivity index (χ0) is 12.7. The van der Waals surface area contributed by atoms with E-state index in [0.717, 1.165) is 0 Å². The van der Waals surface area contributed by atoms with Crippen LogP contribution < -0.4 is 10.1 Å². The van der Waals surface area contributed by atoms with Gasteiger partial charge in [0.15, 0.2) is 0 Å². The van der Waals surface area contributed by atoms with Crippen molar-refractivity contribution in [3.63, 3.8) is 0 Å². The highest BCUT2D eigenvalue weighted by atomic mass is 32.2. The Balaban J connectivity index is 2.64. The molecule has 1 rings (SSSR count). The minimum absolute atomic E-state index is 0.257. The van der Waals surface area contributed by atoms with Gasteiger partial charge in [0.2, 0.25) is 5.88 Å². The summed E-state index contributed by atoms with van der Waals surface area (Å²) in [6.07, 6.45) is 3.17. The van der Waals surface area contributed by atoms with Crippen molar-refractivity contribution in [1.29, 1.82) is 0 Å². The van der Waals surface area contributed by atoms with E-state index in [1.54, 1.807) is 24.6 Å². The van der Waals surface area contributed by atoms with Crippen molar-refractivity contribution < 1.29 is 13.7 Å². The third kappa shape index (κ3) is 4.52. The summed E-state index contributed by atoms with van der Waals surface area (Å²) in [5.41, 5.74) is 0.399. The highest BCUT2D eigenvalue weighted by Crippen LogP contribution is 2.13. The molecule has 17 heavy (non-hydrogen) atoms. The lowest BCUT2D eigenvalue weighted by Gasteiger charge is -2.08. The van der Waals surface area contributed by atoms with Gasteiger partial charge >= 0.3 is 0 Å². The van der Waals surface area contributed by atoms with Crippen molar-refractivity contribution in [2.24, 2.45) is 0 Å². The number of hydrogen-bond donors (Lipinski definition) is 1. The first-order chi connectivity index (χ1) is 8.15. The third-order valence-corrected chi connectivity index (χ3v) is 2.75. The van der Waals surface area contributed by atoms with E-state index in [4.69, 9.17) is 4.74 Å². The number of aromatic nitrogens is 1. The van der Waals surface area contributed by atoms with E-state index in [2.05, 4.69) is 10.3 Å². The molecule has 0 aliphatic carbocycles. The van der Waals surface area contributed by atoms with E-state index in [9.17, 15) is 9.00 Å². The van der Waals surface area contributed by atoms with E-state index in [1.807, 2.05) is 6.92 Å². The molecule has 1 atom stereocenters. The Morgan fingerprint density at radius 3 is 3.00 bits per heavy atom. The van der Waals surface area contributed by atoms with Crippen LogP contribution in [0.4, 0.5) is 0 Å². The molecular weight excluding hydrogens is 240 g/mol. The van der Waals surface area contributed by atoms with Crippen LogP contribution in [0.3, 0.4) is 0 Å². The van der Waals surface area contributed by atoms with E-state index < -0.39 is 10.8 Å². The molecule has 5 nitrogen and oxygen atoms in total. The smallest absolute Gasteiger partial charge is 0.256 e. The normalized spacial score (nSPS) is 11.9. The summed E-state index contributed by atoms with van der Waals surface area (Å²) >= 11 is 0. The number of carbonyl (C=O) groups is 1. The van der Waals surface area contributed by atoms with Crippen LogP contribution in [0.5, 0.6) is 5.88 Å². The average Bonchev–Trinajstić information content (AvgIpc) is 2.29. The second-order valence-electron chi connectivity index (χ2n) is 3.32. The first-order valence-corrected chi connectivity index (χ1v) is 7.04. The van der Waals surface area contributed by atoms with Gasteiger partial charge in [-0.2, -0.15) is 0 Å². The summed E-state index contributed by atoms with van der Waals surface area (Å²) in [7, 11) is -0.909. The molecule has 0 aromatic carbocycles. The van der Waals surface area contributed by atoms with Crippen LogP contribution in [0.15, 0.2) is 18.3 Å². The van der Waals surface area contributed by atoms with Gasteiger partial charge in [-0.05, 0) is 19.1 Å². The molecule has 1 aromatic rings. The lowest BCUT2D eigenvalue weighted by Crippen LogP contribution is -2.28. The standard InChI is InChI=1S/C11H16N2O3S/c1-3-16-11-9(5-4-6-13-11)10(14)12-7-8-17(2)15/h4-6H,3,7-8H2,1-2H3,(H,12,14)/t17-/m1/s1. The topological polar surface area (TPSA) is 68.3 Å². The van der Waals surface area contributed by atoms with Crippen molar-refractivity contribution in [2.75, 3.05) is 25.2 Å². The molecule has 1 N–H and O–H groups in total. The number of pyridine rings is 1. The second kappa shape index (κ2) is 7.01. The zero-order valence-corrected chi connectivity index (χ0v) is 10.8. The van der Waals surface area contributed by atoms with Crippen molar-refractivity contribution in [3.05, 3.63) is 23.9 Å². The maximum absolute atomic E-state index is 11.8. The first-order valence-electron chi connectivity index (χ1n) is 5.31. The van der Waals surface area contributed by atoms with Crippen molar-refractivity contribution in [3.8, 4) is 5.88 Å². The monoisotopic (exact) mass is 256 g/mol. The lowest BCUT2D eigenvalue weighted by molar-refractivity contribution is 0.0951. The van der Waals surface area contributed by atoms with E-state index in [0.29, 0.717) is 30.3 Å². The number of ether oxygens (including phenoxy) is 1. The molecule has 0 fully saturated rings. The molecule has 1 aromatic heterocycles. The predicted molar refractivity (Wildman–Crippen MR) is 66.7 cm³/mol. The van der Waals surface area contributed by atoms with E-state index >= 15 is 0 Å². The third-order valence-electron chi connectivity index (χ3n) is 1.97. The molecule has 0 aliphatic rings. The van der Waals surface area contributed by atoms with Gasteiger partial charge in [-0.15, -0.1) is 0 Å². The molecule has 0 saturated heterocycles. The molecule has 0 radical (unpaired) electrons. The summed E-state index contributed by atoms with van der Waals surface area (Å²) in [6.45, 7) is 2.66. The fourth-order valence-corrected chi connectivity index (χ4v) is 1.61. The Hall–Kier alpha value is -1.43. The molecule has 0 unspecified atom stereocenters. The van der Waals surface area contributed by atoms with Crippen LogP contribution in [0.2, 0.25) is 0 Å². The van der Waals surface area contributed by atoms with E-state index in [-0.39, 0.29) is 5.91 Å². The SMILES string of the molecule is CCOc1ncccc1C(=O)NCC[S@@](C)=O. The quantitative estimate of drug-likeness (QED) is 0.809. The van der Waals surface area contributed by atoms with Gasteiger partial charge in [0.1, 0.15) is 5.56 Å². The summed E-state index contributed by atoms with van der Waals surface area (Å²) in [5, 5.41) is 2.68. The van der Waals surface area contributed by atoms with Crippen LogP contribution in [-0.2, 0) is 10.8 Å². The van der Waals surface area contributed by atoms with Crippen LogP contribution >= 0.6 is 0 Å². The highest BCUT2D eigenvalue weighted by molar-refractivity contribution is 7.84.